The number of morpholine rings is 1. The number of ether oxygens (including phenoxy) is 1. The molecule has 1 saturated heterocycles. The molecule has 0 saturated carbocycles. The van der Waals surface area contributed by atoms with Crippen molar-refractivity contribution in [2.75, 3.05) is 36.5 Å². The Morgan fingerprint density at radius 3 is 2.33 bits per heavy atom. The van der Waals surface area contributed by atoms with E-state index in [9.17, 15) is 4.79 Å². The summed E-state index contributed by atoms with van der Waals surface area (Å²) >= 11 is 0. The average molecular weight is 292 g/mol. The topological polar surface area (TPSA) is 67.3 Å². The van der Waals surface area contributed by atoms with Crippen LogP contribution in [0.15, 0.2) is 0 Å². The number of aryl methyl sites for hydroxylation is 2. The molecule has 1 aromatic heterocycles. The molecule has 1 aliphatic heterocycles. The number of hydrogen-bond acceptors (Lipinski definition) is 5. The van der Waals surface area contributed by atoms with Gasteiger partial charge in [0, 0.05) is 19.5 Å². The number of amides is 1. The van der Waals surface area contributed by atoms with Crippen LogP contribution in [0.3, 0.4) is 0 Å². The zero-order valence-corrected chi connectivity index (χ0v) is 13.3. The van der Waals surface area contributed by atoms with Crippen molar-refractivity contribution in [3.8, 4) is 0 Å². The predicted octanol–water partition coefficient (Wildman–Crippen LogP) is 1.91. The highest BCUT2D eigenvalue weighted by Crippen LogP contribution is 2.21. The molecular formula is C15H24N4O2. The van der Waals surface area contributed by atoms with E-state index in [1.807, 2.05) is 27.7 Å². The first-order valence-corrected chi connectivity index (χ1v) is 7.45. The molecule has 0 spiro atoms. The van der Waals surface area contributed by atoms with Crippen molar-refractivity contribution < 1.29 is 9.53 Å². The Morgan fingerprint density at radius 2 is 1.81 bits per heavy atom. The molecule has 1 fully saturated rings. The molecule has 6 heteroatoms. The Labute approximate surface area is 125 Å². The van der Waals surface area contributed by atoms with E-state index in [1.165, 1.54) is 0 Å². The molecule has 6 nitrogen and oxygen atoms in total. The second-order valence-electron chi connectivity index (χ2n) is 5.81. The smallest absolute Gasteiger partial charge is 0.226 e. The number of nitrogens with one attached hydrogen (secondary N) is 1. The van der Waals surface area contributed by atoms with E-state index in [-0.39, 0.29) is 5.91 Å². The molecule has 1 aliphatic rings. The van der Waals surface area contributed by atoms with Crippen LogP contribution in [-0.2, 0) is 9.53 Å². The number of aromatic nitrogens is 2. The van der Waals surface area contributed by atoms with E-state index in [4.69, 9.17) is 4.74 Å². The summed E-state index contributed by atoms with van der Waals surface area (Å²) < 4.78 is 5.34. The number of nitrogens with zero attached hydrogens (tertiary/aromatic N) is 3. The second kappa shape index (κ2) is 6.85. The summed E-state index contributed by atoms with van der Waals surface area (Å²) in [5.41, 5.74) is 2.35. The fraction of sp³-hybridized carbons (Fsp3) is 0.667. The number of carbonyl (C=O) groups is 1. The maximum absolute atomic E-state index is 11.9. The molecule has 2 rings (SSSR count). The fourth-order valence-corrected chi connectivity index (χ4v) is 2.35. The van der Waals surface area contributed by atoms with E-state index >= 15 is 0 Å². The second-order valence-corrected chi connectivity index (χ2v) is 5.81. The van der Waals surface area contributed by atoms with Gasteiger partial charge in [-0.2, -0.15) is 0 Å². The van der Waals surface area contributed by atoms with Gasteiger partial charge in [-0.25, -0.2) is 9.97 Å². The average Bonchev–Trinajstić information content (AvgIpc) is 2.43. The SMILES string of the molecule is Cc1nc(N2CCOCC2)nc(C)c1NC(=O)CC(C)C. The number of anilines is 2. The van der Waals surface area contributed by atoms with E-state index in [1.54, 1.807) is 0 Å². The summed E-state index contributed by atoms with van der Waals surface area (Å²) in [6.07, 6.45) is 0.504. The van der Waals surface area contributed by atoms with Gasteiger partial charge in [0.2, 0.25) is 11.9 Å². The van der Waals surface area contributed by atoms with Crippen LogP contribution in [0.4, 0.5) is 11.6 Å². The largest absolute Gasteiger partial charge is 0.378 e. The van der Waals surface area contributed by atoms with Crippen LogP contribution in [0.25, 0.3) is 0 Å². The van der Waals surface area contributed by atoms with Crippen molar-refractivity contribution in [3.05, 3.63) is 11.4 Å². The van der Waals surface area contributed by atoms with Gasteiger partial charge in [0.25, 0.3) is 0 Å². The zero-order valence-electron chi connectivity index (χ0n) is 13.3. The van der Waals surface area contributed by atoms with Crippen molar-refractivity contribution >= 4 is 17.5 Å². The summed E-state index contributed by atoms with van der Waals surface area (Å²) in [7, 11) is 0. The van der Waals surface area contributed by atoms with Gasteiger partial charge in [-0.15, -0.1) is 0 Å². The lowest BCUT2D eigenvalue weighted by Crippen LogP contribution is -2.37. The summed E-state index contributed by atoms with van der Waals surface area (Å²) in [5, 5.41) is 2.93. The van der Waals surface area contributed by atoms with Crippen LogP contribution >= 0.6 is 0 Å². The Balaban J connectivity index is 2.15. The lowest BCUT2D eigenvalue weighted by atomic mass is 10.1. The van der Waals surface area contributed by atoms with Crippen molar-refractivity contribution in [1.82, 2.24) is 9.97 Å². The van der Waals surface area contributed by atoms with Gasteiger partial charge in [0.1, 0.15) is 0 Å². The minimum atomic E-state index is 0.0129. The highest BCUT2D eigenvalue weighted by atomic mass is 16.5. The Hall–Kier alpha value is -1.69. The maximum Gasteiger partial charge on any atom is 0.226 e. The summed E-state index contributed by atoms with van der Waals surface area (Å²) in [6.45, 7) is 10.9. The molecule has 0 radical (unpaired) electrons. The Bertz CT molecular complexity index is 487. The van der Waals surface area contributed by atoms with Crippen molar-refractivity contribution in [1.29, 1.82) is 0 Å². The lowest BCUT2D eigenvalue weighted by Gasteiger charge is -2.27. The van der Waals surface area contributed by atoms with Gasteiger partial charge < -0.3 is 15.0 Å². The van der Waals surface area contributed by atoms with E-state index < -0.39 is 0 Å². The fourth-order valence-electron chi connectivity index (χ4n) is 2.35. The van der Waals surface area contributed by atoms with Crippen LogP contribution in [0.5, 0.6) is 0 Å². The van der Waals surface area contributed by atoms with Crippen LogP contribution in [0.2, 0.25) is 0 Å². The minimum absolute atomic E-state index is 0.0129. The number of carbonyl (C=O) groups excluding carboxylic acids is 1. The monoisotopic (exact) mass is 292 g/mol. The highest BCUT2D eigenvalue weighted by Gasteiger charge is 2.17. The van der Waals surface area contributed by atoms with E-state index in [0.29, 0.717) is 25.6 Å². The normalized spacial score (nSPS) is 15.4. The Morgan fingerprint density at radius 1 is 1.24 bits per heavy atom. The molecule has 2 heterocycles. The molecule has 0 aliphatic carbocycles. The molecule has 0 bridgehead atoms. The highest BCUT2D eigenvalue weighted by molar-refractivity contribution is 5.92. The molecule has 1 aromatic rings. The molecule has 0 unspecified atom stereocenters. The third-order valence-electron chi connectivity index (χ3n) is 3.41. The zero-order chi connectivity index (χ0) is 15.4. The van der Waals surface area contributed by atoms with Crippen LogP contribution < -0.4 is 10.2 Å². The van der Waals surface area contributed by atoms with E-state index in [0.717, 1.165) is 36.1 Å². The molecule has 0 atom stereocenters. The summed E-state index contributed by atoms with van der Waals surface area (Å²) in [5.74, 6) is 1.06. The van der Waals surface area contributed by atoms with Crippen molar-refractivity contribution in [3.63, 3.8) is 0 Å². The molecule has 116 valence electrons. The van der Waals surface area contributed by atoms with E-state index in [2.05, 4.69) is 20.2 Å². The third-order valence-corrected chi connectivity index (χ3v) is 3.41. The lowest BCUT2D eigenvalue weighted by molar-refractivity contribution is -0.116. The third kappa shape index (κ3) is 4.14. The van der Waals surface area contributed by atoms with Gasteiger partial charge in [0.15, 0.2) is 0 Å². The first-order chi connectivity index (χ1) is 9.97. The molecule has 1 N–H and O–H groups in total. The van der Waals surface area contributed by atoms with Gasteiger partial charge in [0.05, 0.1) is 30.3 Å². The molecule has 21 heavy (non-hydrogen) atoms. The standard InChI is InChI=1S/C15H24N4O2/c1-10(2)9-13(20)18-14-11(3)16-15(17-12(14)4)19-5-7-21-8-6-19/h10H,5-9H2,1-4H3,(H,18,20). The first-order valence-electron chi connectivity index (χ1n) is 7.45. The number of rotatable bonds is 4. The van der Waals surface area contributed by atoms with Gasteiger partial charge in [-0.05, 0) is 19.8 Å². The molecule has 1 amide bonds. The maximum atomic E-state index is 11.9. The van der Waals surface area contributed by atoms with Gasteiger partial charge in [-0.1, -0.05) is 13.8 Å². The van der Waals surface area contributed by atoms with Crippen molar-refractivity contribution in [2.45, 2.75) is 34.1 Å². The molecular weight excluding hydrogens is 268 g/mol. The Kier molecular flexibility index (Phi) is 5.12. The number of hydrogen-bond donors (Lipinski definition) is 1. The predicted molar refractivity (Wildman–Crippen MR) is 82.6 cm³/mol. The molecule has 0 aromatic carbocycles. The first kappa shape index (κ1) is 15.7. The van der Waals surface area contributed by atoms with Gasteiger partial charge in [-0.3, -0.25) is 4.79 Å². The van der Waals surface area contributed by atoms with Crippen LogP contribution in [0, 0.1) is 19.8 Å². The quantitative estimate of drug-likeness (QED) is 0.918. The summed E-state index contributed by atoms with van der Waals surface area (Å²) in [6, 6.07) is 0. The van der Waals surface area contributed by atoms with Crippen molar-refractivity contribution in [2.24, 2.45) is 5.92 Å². The van der Waals surface area contributed by atoms with Gasteiger partial charge >= 0.3 is 0 Å². The minimum Gasteiger partial charge on any atom is -0.378 e. The summed E-state index contributed by atoms with van der Waals surface area (Å²) in [4.78, 5) is 23.1. The van der Waals surface area contributed by atoms with Crippen LogP contribution in [-0.4, -0.2) is 42.2 Å². The van der Waals surface area contributed by atoms with Crippen LogP contribution in [0.1, 0.15) is 31.7 Å².